The number of likely N-dealkylation sites (N-methyl/N-ethyl adjacent to an activating group) is 1. The van der Waals surface area contributed by atoms with Crippen LogP contribution in [0.5, 0.6) is 0 Å². The Morgan fingerprint density at radius 2 is 2.33 bits per heavy atom. The monoisotopic (exact) mass is 231 g/mol. The van der Waals surface area contributed by atoms with Crippen molar-refractivity contribution in [1.29, 1.82) is 0 Å². The van der Waals surface area contributed by atoms with Crippen molar-refractivity contribution in [2.75, 3.05) is 7.05 Å². The van der Waals surface area contributed by atoms with Crippen LogP contribution in [0.25, 0.3) is 0 Å². The molecule has 0 heterocycles. The second-order valence-electron chi connectivity index (χ2n) is 3.12. The van der Waals surface area contributed by atoms with E-state index < -0.39 is 17.8 Å². The Kier molecular flexibility index (Phi) is 4.05. The van der Waals surface area contributed by atoms with Crippen molar-refractivity contribution in [3.63, 3.8) is 0 Å². The normalized spacial score (nSPS) is 12.5. The van der Waals surface area contributed by atoms with Gasteiger partial charge < -0.3 is 10.4 Å². The second-order valence-corrected chi connectivity index (χ2v) is 3.56. The molecule has 1 atom stereocenters. The van der Waals surface area contributed by atoms with E-state index in [0.717, 1.165) is 0 Å². The average Bonchev–Trinajstić information content (AvgIpc) is 2.16. The molecule has 3 nitrogen and oxygen atoms in total. The fourth-order valence-electron chi connectivity index (χ4n) is 1.22. The van der Waals surface area contributed by atoms with Crippen LogP contribution in [0.15, 0.2) is 18.2 Å². The third-order valence-electron chi connectivity index (χ3n) is 2.09. The minimum Gasteiger partial charge on any atom is -0.480 e. The van der Waals surface area contributed by atoms with Crippen molar-refractivity contribution in [3.8, 4) is 0 Å². The quantitative estimate of drug-likeness (QED) is 0.829. The first-order valence-corrected chi connectivity index (χ1v) is 4.76. The maximum absolute atomic E-state index is 13.3. The van der Waals surface area contributed by atoms with Gasteiger partial charge >= 0.3 is 5.97 Å². The third kappa shape index (κ3) is 3.18. The van der Waals surface area contributed by atoms with Crippen molar-refractivity contribution < 1.29 is 14.3 Å². The molecule has 0 bridgehead atoms. The van der Waals surface area contributed by atoms with Crippen LogP contribution in [-0.4, -0.2) is 24.2 Å². The highest BCUT2D eigenvalue weighted by molar-refractivity contribution is 6.30. The van der Waals surface area contributed by atoms with E-state index >= 15 is 0 Å². The number of carboxylic acid groups (broad SMARTS) is 1. The van der Waals surface area contributed by atoms with Crippen LogP contribution in [0, 0.1) is 5.82 Å². The van der Waals surface area contributed by atoms with Gasteiger partial charge in [0.2, 0.25) is 0 Å². The zero-order chi connectivity index (χ0) is 11.4. The molecule has 0 aliphatic heterocycles. The Hall–Kier alpha value is -1.13. The maximum Gasteiger partial charge on any atom is 0.321 e. The Bertz CT molecular complexity index is 370. The van der Waals surface area contributed by atoms with Crippen molar-refractivity contribution in [2.45, 2.75) is 12.5 Å². The summed E-state index contributed by atoms with van der Waals surface area (Å²) < 4.78 is 13.3. The van der Waals surface area contributed by atoms with E-state index in [-0.39, 0.29) is 6.42 Å². The molecule has 0 aromatic heterocycles. The maximum atomic E-state index is 13.3. The number of aliphatic carboxylic acids is 1. The van der Waals surface area contributed by atoms with Gasteiger partial charge in [-0.05, 0) is 24.7 Å². The minimum absolute atomic E-state index is 0.0921. The number of rotatable bonds is 4. The number of hydrogen-bond donors (Lipinski definition) is 2. The summed E-state index contributed by atoms with van der Waals surface area (Å²) >= 11 is 5.58. The molecule has 0 saturated heterocycles. The third-order valence-corrected chi connectivity index (χ3v) is 2.32. The number of carbonyl (C=O) groups is 1. The van der Waals surface area contributed by atoms with Crippen LogP contribution in [-0.2, 0) is 11.2 Å². The van der Waals surface area contributed by atoms with Gasteiger partial charge in [0, 0.05) is 11.4 Å². The zero-order valence-corrected chi connectivity index (χ0v) is 8.88. The van der Waals surface area contributed by atoms with Gasteiger partial charge in [-0.15, -0.1) is 0 Å². The summed E-state index contributed by atoms with van der Waals surface area (Å²) in [4.78, 5) is 10.7. The number of hydrogen-bond acceptors (Lipinski definition) is 2. The van der Waals surface area contributed by atoms with Crippen LogP contribution < -0.4 is 5.32 Å². The number of halogens is 2. The van der Waals surface area contributed by atoms with Gasteiger partial charge in [0.15, 0.2) is 0 Å². The fraction of sp³-hybridized carbons (Fsp3) is 0.300. The molecule has 2 N–H and O–H groups in total. The largest absolute Gasteiger partial charge is 0.480 e. The van der Waals surface area contributed by atoms with E-state index in [1.165, 1.54) is 25.2 Å². The lowest BCUT2D eigenvalue weighted by molar-refractivity contribution is -0.139. The van der Waals surface area contributed by atoms with Crippen molar-refractivity contribution >= 4 is 17.6 Å². The molecular weight excluding hydrogens is 221 g/mol. The molecule has 0 radical (unpaired) electrons. The Balaban J connectivity index is 2.84. The zero-order valence-electron chi connectivity index (χ0n) is 8.13. The molecule has 0 saturated carbocycles. The lowest BCUT2D eigenvalue weighted by atomic mass is 10.1. The first kappa shape index (κ1) is 11.9. The van der Waals surface area contributed by atoms with Gasteiger partial charge in [-0.3, -0.25) is 4.79 Å². The van der Waals surface area contributed by atoms with E-state index in [4.69, 9.17) is 16.7 Å². The summed E-state index contributed by atoms with van der Waals surface area (Å²) in [5.74, 6) is -1.49. The first-order chi connectivity index (χ1) is 7.04. The van der Waals surface area contributed by atoms with Crippen molar-refractivity contribution in [2.24, 2.45) is 0 Å². The SMILES string of the molecule is CN[C@H](Cc1ccc(Cl)cc1F)C(=O)O. The summed E-state index contributed by atoms with van der Waals surface area (Å²) in [5.41, 5.74) is 0.334. The van der Waals surface area contributed by atoms with Crippen molar-refractivity contribution in [3.05, 3.63) is 34.6 Å². The smallest absolute Gasteiger partial charge is 0.321 e. The molecule has 1 aromatic rings. The number of carboxylic acids is 1. The standard InChI is InChI=1S/C10H11ClFNO2/c1-13-9(10(14)15)4-6-2-3-7(11)5-8(6)12/h2-3,5,9,13H,4H2,1H3,(H,14,15)/t9-/m1/s1. The highest BCUT2D eigenvalue weighted by atomic mass is 35.5. The molecule has 0 aliphatic rings. The lowest BCUT2D eigenvalue weighted by Gasteiger charge is -2.11. The van der Waals surface area contributed by atoms with Gasteiger partial charge in [0.05, 0.1) is 0 Å². The molecular formula is C10H11ClFNO2. The topological polar surface area (TPSA) is 49.3 Å². The molecule has 0 spiro atoms. The second kappa shape index (κ2) is 5.09. The number of nitrogens with one attached hydrogen (secondary N) is 1. The summed E-state index contributed by atoms with van der Waals surface area (Å²) in [6.45, 7) is 0. The fourth-order valence-corrected chi connectivity index (χ4v) is 1.38. The van der Waals surface area contributed by atoms with Gasteiger partial charge in [0.1, 0.15) is 11.9 Å². The predicted molar refractivity (Wildman–Crippen MR) is 55.6 cm³/mol. The molecule has 0 unspecified atom stereocenters. The van der Waals surface area contributed by atoms with Crippen LogP contribution in [0.3, 0.4) is 0 Å². The molecule has 1 rings (SSSR count). The molecule has 0 aliphatic carbocycles. The van der Waals surface area contributed by atoms with Gasteiger partial charge in [-0.2, -0.15) is 0 Å². The van der Waals surface area contributed by atoms with E-state index in [0.29, 0.717) is 10.6 Å². The molecule has 15 heavy (non-hydrogen) atoms. The van der Waals surface area contributed by atoms with Crippen molar-refractivity contribution in [1.82, 2.24) is 5.32 Å². The first-order valence-electron chi connectivity index (χ1n) is 4.38. The summed E-state index contributed by atoms with van der Waals surface area (Å²) in [6.07, 6.45) is 0.0921. The lowest BCUT2D eigenvalue weighted by Crippen LogP contribution is -2.36. The van der Waals surface area contributed by atoms with E-state index in [1.807, 2.05) is 0 Å². The van der Waals surface area contributed by atoms with Crippen LogP contribution >= 0.6 is 11.6 Å². The van der Waals surface area contributed by atoms with Gasteiger partial charge in [0.25, 0.3) is 0 Å². The molecule has 0 amide bonds. The highest BCUT2D eigenvalue weighted by Gasteiger charge is 2.17. The number of benzene rings is 1. The summed E-state index contributed by atoms with van der Waals surface area (Å²) in [6, 6.07) is 3.41. The van der Waals surface area contributed by atoms with E-state index in [2.05, 4.69) is 5.32 Å². The van der Waals surface area contributed by atoms with Crippen LogP contribution in [0.4, 0.5) is 4.39 Å². The van der Waals surface area contributed by atoms with Crippen LogP contribution in [0.1, 0.15) is 5.56 Å². The van der Waals surface area contributed by atoms with Crippen LogP contribution in [0.2, 0.25) is 5.02 Å². The molecule has 1 aromatic carbocycles. The van der Waals surface area contributed by atoms with Gasteiger partial charge in [-0.1, -0.05) is 17.7 Å². The van der Waals surface area contributed by atoms with Gasteiger partial charge in [-0.25, -0.2) is 4.39 Å². The predicted octanol–water partition coefficient (Wildman–Crippen LogP) is 1.69. The Labute approximate surface area is 91.9 Å². The van der Waals surface area contributed by atoms with E-state index in [9.17, 15) is 9.18 Å². The highest BCUT2D eigenvalue weighted by Crippen LogP contribution is 2.15. The summed E-state index contributed by atoms with van der Waals surface area (Å²) in [5, 5.41) is 11.7. The molecule has 82 valence electrons. The average molecular weight is 232 g/mol. The Morgan fingerprint density at radius 1 is 1.67 bits per heavy atom. The molecule has 5 heteroatoms. The van der Waals surface area contributed by atoms with E-state index in [1.54, 1.807) is 0 Å². The Morgan fingerprint density at radius 3 is 2.80 bits per heavy atom. The summed E-state index contributed by atoms with van der Waals surface area (Å²) in [7, 11) is 1.52. The molecule has 0 fully saturated rings. The minimum atomic E-state index is -1.01.